The van der Waals surface area contributed by atoms with E-state index in [0.29, 0.717) is 19.3 Å². The zero-order chi connectivity index (χ0) is 57.1. The van der Waals surface area contributed by atoms with Crippen LogP contribution in [0.5, 0.6) is 0 Å². The Bertz CT molecular complexity index is 1190. The highest BCUT2D eigenvalue weighted by molar-refractivity contribution is 5.71. The number of carbonyl (C=O) groups excluding carboxylic acids is 3. The third-order valence-corrected chi connectivity index (χ3v) is 17.1. The predicted molar refractivity (Wildman–Crippen MR) is 344 cm³/mol. The van der Waals surface area contributed by atoms with E-state index in [1.54, 1.807) is 0 Å². The van der Waals surface area contributed by atoms with E-state index in [-0.39, 0.29) is 31.1 Å². The third-order valence-electron chi connectivity index (χ3n) is 17.1. The van der Waals surface area contributed by atoms with Crippen LogP contribution in [0.15, 0.2) is 0 Å². The van der Waals surface area contributed by atoms with Crippen molar-refractivity contribution >= 4 is 17.9 Å². The van der Waals surface area contributed by atoms with Crippen molar-refractivity contribution in [2.45, 2.75) is 438 Å². The number of carbonyl (C=O) groups is 3. The molecule has 0 aromatic carbocycles. The van der Waals surface area contributed by atoms with Crippen molar-refractivity contribution < 1.29 is 28.6 Å². The summed E-state index contributed by atoms with van der Waals surface area (Å²) < 4.78 is 17.0. The van der Waals surface area contributed by atoms with E-state index < -0.39 is 6.10 Å². The maximum Gasteiger partial charge on any atom is 0.306 e. The Morgan fingerprint density at radius 1 is 0.203 bits per heavy atom. The molecule has 0 aromatic rings. The topological polar surface area (TPSA) is 78.9 Å². The van der Waals surface area contributed by atoms with Crippen LogP contribution >= 0.6 is 0 Å². The van der Waals surface area contributed by atoms with Crippen molar-refractivity contribution in [3.63, 3.8) is 0 Å². The molecule has 0 N–H and O–H groups in total. The average molecular weight is 1120 g/mol. The second-order valence-corrected chi connectivity index (χ2v) is 25.2. The Morgan fingerprint density at radius 2 is 0.342 bits per heavy atom. The number of ether oxygens (including phenoxy) is 3. The average Bonchev–Trinajstić information content (AvgIpc) is 3.45. The Morgan fingerprint density at radius 3 is 0.506 bits per heavy atom. The van der Waals surface area contributed by atoms with Crippen LogP contribution in [0, 0.1) is 0 Å². The van der Waals surface area contributed by atoms with Gasteiger partial charge in [-0.2, -0.15) is 0 Å². The van der Waals surface area contributed by atoms with E-state index in [4.69, 9.17) is 14.2 Å². The van der Waals surface area contributed by atoms with E-state index >= 15 is 0 Å². The van der Waals surface area contributed by atoms with E-state index in [2.05, 4.69) is 20.8 Å². The van der Waals surface area contributed by atoms with Gasteiger partial charge in [0.15, 0.2) is 6.10 Å². The van der Waals surface area contributed by atoms with Gasteiger partial charge in [-0.1, -0.05) is 393 Å². The molecule has 0 heterocycles. The van der Waals surface area contributed by atoms with Crippen LogP contribution in [0.3, 0.4) is 0 Å². The largest absolute Gasteiger partial charge is 0.462 e. The zero-order valence-corrected chi connectivity index (χ0v) is 54.2. The quantitative estimate of drug-likeness (QED) is 0.0343. The van der Waals surface area contributed by atoms with E-state index in [1.165, 1.54) is 334 Å². The molecule has 1 atom stereocenters. The zero-order valence-electron chi connectivity index (χ0n) is 54.2. The Labute approximate surface area is 495 Å². The van der Waals surface area contributed by atoms with Crippen LogP contribution in [0.4, 0.5) is 0 Å². The normalized spacial score (nSPS) is 11.9. The standard InChI is InChI=1S/C73H142O6/c1-4-7-10-13-16-19-22-25-28-31-32-33-34-35-36-37-38-39-40-43-45-48-51-54-57-60-63-66-72(75)78-69-70(79-73(76)67-64-61-58-55-52-49-46-42-30-27-24-21-18-15-12-9-6-3)68-77-71(74)65-62-59-56-53-50-47-44-41-29-26-23-20-17-14-11-8-5-2/h70H,4-69H2,1-3H3. The molecule has 0 aliphatic rings. The molecule has 0 amide bonds. The van der Waals surface area contributed by atoms with Crippen LogP contribution in [-0.4, -0.2) is 37.2 Å². The van der Waals surface area contributed by atoms with Crippen LogP contribution < -0.4 is 0 Å². The molecule has 79 heavy (non-hydrogen) atoms. The van der Waals surface area contributed by atoms with E-state index in [0.717, 1.165) is 57.8 Å². The van der Waals surface area contributed by atoms with Crippen LogP contribution in [0.1, 0.15) is 432 Å². The number of hydrogen-bond donors (Lipinski definition) is 0. The Kier molecular flexibility index (Phi) is 67.5. The summed E-state index contributed by atoms with van der Waals surface area (Å²) in [5.74, 6) is -0.817. The molecule has 0 saturated carbocycles. The number of hydrogen-bond acceptors (Lipinski definition) is 6. The molecule has 470 valence electrons. The predicted octanol–water partition coefficient (Wildman–Crippen LogP) is 25.0. The van der Waals surface area contributed by atoms with E-state index in [1.807, 2.05) is 0 Å². The van der Waals surface area contributed by atoms with Gasteiger partial charge >= 0.3 is 17.9 Å². The van der Waals surface area contributed by atoms with Gasteiger partial charge in [-0.3, -0.25) is 14.4 Å². The van der Waals surface area contributed by atoms with Gasteiger partial charge in [0.25, 0.3) is 0 Å². The molecule has 0 fully saturated rings. The van der Waals surface area contributed by atoms with Crippen molar-refractivity contribution in [1.82, 2.24) is 0 Å². The van der Waals surface area contributed by atoms with Gasteiger partial charge in [-0.25, -0.2) is 0 Å². The molecule has 0 aliphatic carbocycles. The highest BCUT2D eigenvalue weighted by Gasteiger charge is 2.20. The maximum atomic E-state index is 12.9. The van der Waals surface area contributed by atoms with Crippen molar-refractivity contribution in [2.24, 2.45) is 0 Å². The highest BCUT2D eigenvalue weighted by Crippen LogP contribution is 2.20. The van der Waals surface area contributed by atoms with Crippen LogP contribution in [0.25, 0.3) is 0 Å². The van der Waals surface area contributed by atoms with Gasteiger partial charge in [-0.15, -0.1) is 0 Å². The van der Waals surface area contributed by atoms with E-state index in [9.17, 15) is 14.4 Å². The molecule has 0 aliphatic heterocycles. The van der Waals surface area contributed by atoms with Gasteiger partial charge in [-0.05, 0) is 19.3 Å². The molecule has 6 heteroatoms. The lowest BCUT2D eigenvalue weighted by atomic mass is 10.0. The molecule has 0 saturated heterocycles. The molecule has 6 nitrogen and oxygen atoms in total. The SMILES string of the molecule is CCCCCCCCCCCCCCCCCCCCCCCCCCCCCC(=O)OCC(COC(=O)CCCCCCCCCCCCCCCCCCC)OC(=O)CCCCCCCCCCCCCCCCCCC. The number of rotatable bonds is 69. The fraction of sp³-hybridized carbons (Fsp3) is 0.959. The molecule has 0 rings (SSSR count). The third kappa shape index (κ3) is 67.1. The molecule has 1 unspecified atom stereocenters. The number of esters is 3. The summed E-state index contributed by atoms with van der Waals surface area (Å²) in [6.07, 6.45) is 81.4. The van der Waals surface area contributed by atoms with Gasteiger partial charge < -0.3 is 14.2 Å². The smallest absolute Gasteiger partial charge is 0.306 e. The first-order chi connectivity index (χ1) is 39.0. The monoisotopic (exact) mass is 1120 g/mol. The summed E-state index contributed by atoms with van der Waals surface area (Å²) in [4.78, 5) is 38.5. The second kappa shape index (κ2) is 68.9. The summed E-state index contributed by atoms with van der Waals surface area (Å²) in [6, 6.07) is 0. The van der Waals surface area contributed by atoms with Gasteiger partial charge in [0.05, 0.1) is 0 Å². The minimum Gasteiger partial charge on any atom is -0.462 e. The molecular formula is C73H142O6. The van der Waals surface area contributed by atoms with Gasteiger partial charge in [0.2, 0.25) is 0 Å². The van der Waals surface area contributed by atoms with Crippen molar-refractivity contribution in [3.8, 4) is 0 Å². The van der Waals surface area contributed by atoms with Crippen LogP contribution in [0.2, 0.25) is 0 Å². The molecular weight excluding hydrogens is 973 g/mol. The summed E-state index contributed by atoms with van der Waals surface area (Å²) in [7, 11) is 0. The van der Waals surface area contributed by atoms with Crippen molar-refractivity contribution in [2.75, 3.05) is 13.2 Å². The minimum absolute atomic E-state index is 0.0600. The maximum absolute atomic E-state index is 12.9. The van der Waals surface area contributed by atoms with Crippen LogP contribution in [-0.2, 0) is 28.6 Å². The minimum atomic E-state index is -0.763. The fourth-order valence-electron chi connectivity index (χ4n) is 11.6. The molecule has 0 aromatic heterocycles. The highest BCUT2D eigenvalue weighted by atomic mass is 16.6. The van der Waals surface area contributed by atoms with Crippen molar-refractivity contribution in [1.29, 1.82) is 0 Å². The summed E-state index contributed by atoms with van der Waals surface area (Å²) in [5.41, 5.74) is 0. The first-order valence-electron chi connectivity index (χ1n) is 36.5. The summed E-state index contributed by atoms with van der Waals surface area (Å²) >= 11 is 0. The lowest BCUT2D eigenvalue weighted by Crippen LogP contribution is -2.30. The Balaban J connectivity index is 4.19. The van der Waals surface area contributed by atoms with Crippen molar-refractivity contribution in [3.05, 3.63) is 0 Å². The summed E-state index contributed by atoms with van der Waals surface area (Å²) in [5, 5.41) is 0. The molecule has 0 spiro atoms. The van der Waals surface area contributed by atoms with Gasteiger partial charge in [0, 0.05) is 19.3 Å². The fourth-order valence-corrected chi connectivity index (χ4v) is 11.6. The Hall–Kier alpha value is -1.59. The second-order valence-electron chi connectivity index (χ2n) is 25.2. The molecule has 0 radical (unpaired) electrons. The summed E-state index contributed by atoms with van der Waals surface area (Å²) in [6.45, 7) is 6.75. The first kappa shape index (κ1) is 77.4. The first-order valence-corrected chi connectivity index (χ1v) is 36.5. The lowest BCUT2D eigenvalue weighted by Gasteiger charge is -2.18. The number of unbranched alkanes of at least 4 members (excludes halogenated alkanes) is 58. The molecule has 0 bridgehead atoms. The lowest BCUT2D eigenvalue weighted by molar-refractivity contribution is -0.167. The van der Waals surface area contributed by atoms with Gasteiger partial charge in [0.1, 0.15) is 13.2 Å².